The van der Waals surface area contributed by atoms with Gasteiger partial charge in [0.25, 0.3) is 0 Å². The van der Waals surface area contributed by atoms with Crippen molar-refractivity contribution in [3.05, 3.63) is 30.3 Å². The molecule has 1 saturated carbocycles. The highest BCUT2D eigenvalue weighted by molar-refractivity contribution is 5.42. The zero-order valence-corrected chi connectivity index (χ0v) is 9.95. The van der Waals surface area contributed by atoms with E-state index in [4.69, 9.17) is 0 Å². The van der Waals surface area contributed by atoms with E-state index in [0.29, 0.717) is 12.5 Å². The van der Waals surface area contributed by atoms with Crippen LogP contribution >= 0.6 is 0 Å². The molecule has 0 amide bonds. The van der Waals surface area contributed by atoms with E-state index < -0.39 is 5.60 Å². The third kappa shape index (κ3) is 2.56. The predicted octanol–water partition coefficient (Wildman–Crippen LogP) is 3.04. The summed E-state index contributed by atoms with van der Waals surface area (Å²) in [5.41, 5.74) is 0.572. The number of rotatable bonds is 3. The van der Waals surface area contributed by atoms with Gasteiger partial charge in [-0.2, -0.15) is 0 Å². The van der Waals surface area contributed by atoms with Crippen LogP contribution < -0.4 is 5.32 Å². The van der Waals surface area contributed by atoms with Crippen LogP contribution in [0, 0.1) is 5.92 Å². The lowest BCUT2D eigenvalue weighted by molar-refractivity contribution is -0.0290. The first-order chi connectivity index (χ1) is 7.71. The van der Waals surface area contributed by atoms with Gasteiger partial charge >= 0.3 is 0 Å². The van der Waals surface area contributed by atoms with Crippen molar-refractivity contribution in [3.8, 4) is 0 Å². The summed E-state index contributed by atoms with van der Waals surface area (Å²) in [6.45, 7) is 2.82. The van der Waals surface area contributed by atoms with Gasteiger partial charge < -0.3 is 10.4 Å². The highest BCUT2D eigenvalue weighted by Crippen LogP contribution is 2.33. The molecule has 1 aromatic rings. The van der Waals surface area contributed by atoms with Crippen molar-refractivity contribution in [3.63, 3.8) is 0 Å². The summed E-state index contributed by atoms with van der Waals surface area (Å²) in [6.07, 6.45) is 4.48. The minimum atomic E-state index is -0.520. The molecule has 2 atom stereocenters. The fourth-order valence-electron chi connectivity index (χ4n) is 2.47. The first-order valence-corrected chi connectivity index (χ1v) is 6.22. The summed E-state index contributed by atoms with van der Waals surface area (Å²) in [4.78, 5) is 0. The molecule has 2 rings (SSSR count). The van der Waals surface area contributed by atoms with Crippen molar-refractivity contribution in [2.75, 3.05) is 11.9 Å². The zero-order valence-electron chi connectivity index (χ0n) is 9.95. The van der Waals surface area contributed by atoms with Gasteiger partial charge in [0, 0.05) is 12.2 Å². The molecule has 0 spiro atoms. The van der Waals surface area contributed by atoms with Crippen LogP contribution in [0.15, 0.2) is 30.3 Å². The SMILES string of the molecule is CC1CCCCC1(O)CNc1ccccc1. The number of nitrogens with one attached hydrogen (secondary N) is 1. The largest absolute Gasteiger partial charge is 0.388 e. The topological polar surface area (TPSA) is 32.3 Å². The molecular weight excluding hydrogens is 198 g/mol. The Morgan fingerprint density at radius 3 is 2.75 bits per heavy atom. The molecule has 0 heterocycles. The van der Waals surface area contributed by atoms with Crippen LogP contribution in [0.25, 0.3) is 0 Å². The Kier molecular flexibility index (Phi) is 3.49. The average Bonchev–Trinajstić information content (AvgIpc) is 2.32. The van der Waals surface area contributed by atoms with Crippen molar-refractivity contribution in [1.82, 2.24) is 0 Å². The highest BCUT2D eigenvalue weighted by atomic mass is 16.3. The fraction of sp³-hybridized carbons (Fsp3) is 0.571. The van der Waals surface area contributed by atoms with Crippen LogP contribution in [0.5, 0.6) is 0 Å². The maximum absolute atomic E-state index is 10.5. The van der Waals surface area contributed by atoms with Gasteiger partial charge in [0.1, 0.15) is 0 Å². The first kappa shape index (κ1) is 11.5. The molecule has 16 heavy (non-hydrogen) atoms. The summed E-state index contributed by atoms with van der Waals surface area (Å²) >= 11 is 0. The molecule has 2 heteroatoms. The molecule has 0 radical (unpaired) electrons. The molecule has 2 unspecified atom stereocenters. The zero-order chi connectivity index (χ0) is 11.4. The van der Waals surface area contributed by atoms with Gasteiger partial charge in [-0.3, -0.25) is 0 Å². The lowest BCUT2D eigenvalue weighted by Crippen LogP contribution is -2.45. The summed E-state index contributed by atoms with van der Waals surface area (Å²) < 4.78 is 0. The second-order valence-corrected chi connectivity index (χ2v) is 4.97. The van der Waals surface area contributed by atoms with Crippen LogP contribution in [0.3, 0.4) is 0 Å². The molecular formula is C14H21NO. The van der Waals surface area contributed by atoms with Gasteiger partial charge in [-0.05, 0) is 30.9 Å². The average molecular weight is 219 g/mol. The molecule has 1 aromatic carbocycles. The lowest BCUT2D eigenvalue weighted by Gasteiger charge is -2.38. The molecule has 2 N–H and O–H groups in total. The number of anilines is 1. The molecule has 2 nitrogen and oxygen atoms in total. The third-order valence-corrected chi connectivity index (χ3v) is 3.79. The van der Waals surface area contributed by atoms with E-state index in [0.717, 1.165) is 24.9 Å². The van der Waals surface area contributed by atoms with Gasteiger partial charge in [-0.25, -0.2) is 0 Å². The minimum Gasteiger partial charge on any atom is -0.388 e. The Morgan fingerprint density at radius 1 is 1.31 bits per heavy atom. The number of benzene rings is 1. The van der Waals surface area contributed by atoms with E-state index >= 15 is 0 Å². The smallest absolute Gasteiger partial charge is 0.0844 e. The first-order valence-electron chi connectivity index (χ1n) is 6.22. The summed E-state index contributed by atoms with van der Waals surface area (Å²) in [5, 5.41) is 13.9. The Hall–Kier alpha value is -1.02. The third-order valence-electron chi connectivity index (χ3n) is 3.79. The molecule has 1 aliphatic carbocycles. The fourth-order valence-corrected chi connectivity index (χ4v) is 2.47. The Bertz CT molecular complexity index is 325. The van der Waals surface area contributed by atoms with E-state index in [-0.39, 0.29) is 0 Å². The van der Waals surface area contributed by atoms with E-state index in [9.17, 15) is 5.11 Å². The van der Waals surface area contributed by atoms with Crippen molar-refractivity contribution in [1.29, 1.82) is 0 Å². The number of aliphatic hydroxyl groups is 1. The predicted molar refractivity (Wildman–Crippen MR) is 67.5 cm³/mol. The van der Waals surface area contributed by atoms with Crippen molar-refractivity contribution < 1.29 is 5.11 Å². The maximum atomic E-state index is 10.5. The van der Waals surface area contributed by atoms with Crippen molar-refractivity contribution in [2.45, 2.75) is 38.2 Å². The van der Waals surface area contributed by atoms with Crippen molar-refractivity contribution >= 4 is 5.69 Å². The molecule has 1 fully saturated rings. The van der Waals surface area contributed by atoms with Gasteiger partial charge in [0.05, 0.1) is 5.60 Å². The summed E-state index contributed by atoms with van der Waals surface area (Å²) in [6, 6.07) is 10.1. The Balaban J connectivity index is 1.93. The summed E-state index contributed by atoms with van der Waals surface area (Å²) in [7, 11) is 0. The van der Waals surface area contributed by atoms with E-state index in [2.05, 4.69) is 12.2 Å². The number of hydrogen-bond donors (Lipinski definition) is 2. The van der Waals surface area contributed by atoms with Crippen LogP contribution in [0.2, 0.25) is 0 Å². The molecule has 88 valence electrons. The van der Waals surface area contributed by atoms with Crippen LogP contribution in [-0.2, 0) is 0 Å². The number of para-hydroxylation sites is 1. The Morgan fingerprint density at radius 2 is 2.06 bits per heavy atom. The quantitative estimate of drug-likeness (QED) is 0.819. The molecule has 0 bridgehead atoms. The van der Waals surface area contributed by atoms with Gasteiger partial charge in [0.15, 0.2) is 0 Å². The second kappa shape index (κ2) is 4.88. The Labute approximate surface area is 97.7 Å². The molecule has 0 saturated heterocycles. The lowest BCUT2D eigenvalue weighted by atomic mass is 9.76. The summed E-state index contributed by atoms with van der Waals surface area (Å²) in [5.74, 6) is 0.400. The number of hydrogen-bond acceptors (Lipinski definition) is 2. The van der Waals surface area contributed by atoms with Crippen LogP contribution in [-0.4, -0.2) is 17.3 Å². The monoisotopic (exact) mass is 219 g/mol. The minimum absolute atomic E-state index is 0.400. The van der Waals surface area contributed by atoms with Crippen LogP contribution in [0.4, 0.5) is 5.69 Å². The second-order valence-electron chi connectivity index (χ2n) is 4.97. The van der Waals surface area contributed by atoms with Gasteiger partial charge in [-0.15, -0.1) is 0 Å². The highest BCUT2D eigenvalue weighted by Gasteiger charge is 2.35. The normalized spacial score (nSPS) is 30.0. The standard InChI is InChI=1S/C14H21NO/c1-12-7-5-6-10-14(12,16)11-15-13-8-3-2-4-9-13/h2-4,8-9,12,15-16H,5-7,10-11H2,1H3. The van der Waals surface area contributed by atoms with Crippen LogP contribution in [0.1, 0.15) is 32.6 Å². The van der Waals surface area contributed by atoms with E-state index in [1.807, 2.05) is 30.3 Å². The van der Waals surface area contributed by atoms with Crippen molar-refractivity contribution in [2.24, 2.45) is 5.92 Å². The molecule has 0 aromatic heterocycles. The molecule has 0 aliphatic heterocycles. The van der Waals surface area contributed by atoms with Gasteiger partial charge in [-0.1, -0.05) is 38.0 Å². The molecule has 1 aliphatic rings. The van der Waals surface area contributed by atoms with E-state index in [1.54, 1.807) is 0 Å². The van der Waals surface area contributed by atoms with E-state index in [1.165, 1.54) is 6.42 Å². The van der Waals surface area contributed by atoms with Gasteiger partial charge in [0.2, 0.25) is 0 Å². The maximum Gasteiger partial charge on any atom is 0.0844 e.